The third kappa shape index (κ3) is 2.51. The molecule has 2 N–H and O–H groups in total. The van der Waals surface area contributed by atoms with Crippen molar-refractivity contribution in [3.05, 3.63) is 42.2 Å². The molecule has 0 unspecified atom stereocenters. The van der Waals surface area contributed by atoms with Crippen molar-refractivity contribution in [1.29, 1.82) is 0 Å². The number of alkyl carbamates (subject to hydrolysis) is 1. The van der Waals surface area contributed by atoms with E-state index in [0.29, 0.717) is 31.0 Å². The first-order valence-electron chi connectivity index (χ1n) is 8.02. The van der Waals surface area contributed by atoms with E-state index in [2.05, 4.69) is 15.3 Å². The maximum absolute atomic E-state index is 13.1. The molecule has 0 radical (unpaired) electrons. The Morgan fingerprint density at radius 2 is 2.21 bits per heavy atom. The van der Waals surface area contributed by atoms with Crippen molar-refractivity contribution in [3.8, 4) is 11.4 Å². The SMILES string of the molecule is O=C1NC[C@]2(CCCN(C(=O)c3ccccc3-c3ncc[nH]3)C2)O1. The van der Waals surface area contributed by atoms with Gasteiger partial charge in [-0.15, -0.1) is 0 Å². The van der Waals surface area contributed by atoms with Gasteiger partial charge in [0.15, 0.2) is 0 Å². The van der Waals surface area contributed by atoms with Gasteiger partial charge in [0.25, 0.3) is 5.91 Å². The van der Waals surface area contributed by atoms with Crippen molar-refractivity contribution < 1.29 is 14.3 Å². The van der Waals surface area contributed by atoms with Gasteiger partial charge in [-0.25, -0.2) is 9.78 Å². The minimum absolute atomic E-state index is 0.0657. The highest BCUT2D eigenvalue weighted by atomic mass is 16.6. The Morgan fingerprint density at radius 1 is 1.33 bits per heavy atom. The lowest BCUT2D eigenvalue weighted by Crippen LogP contribution is -2.52. The van der Waals surface area contributed by atoms with Crippen LogP contribution in [0.4, 0.5) is 4.79 Å². The van der Waals surface area contributed by atoms with Crippen molar-refractivity contribution in [2.75, 3.05) is 19.6 Å². The molecule has 124 valence electrons. The second-order valence-electron chi connectivity index (χ2n) is 6.24. The number of aromatic nitrogens is 2. The van der Waals surface area contributed by atoms with Gasteiger partial charge < -0.3 is 19.9 Å². The first-order valence-corrected chi connectivity index (χ1v) is 8.02. The first-order chi connectivity index (χ1) is 11.7. The van der Waals surface area contributed by atoms with E-state index < -0.39 is 11.7 Å². The number of hydrogen-bond donors (Lipinski definition) is 2. The second-order valence-corrected chi connectivity index (χ2v) is 6.24. The van der Waals surface area contributed by atoms with E-state index in [1.807, 2.05) is 18.2 Å². The fraction of sp³-hybridized carbons (Fsp3) is 0.353. The molecule has 2 saturated heterocycles. The summed E-state index contributed by atoms with van der Waals surface area (Å²) < 4.78 is 5.45. The molecule has 2 aromatic rings. The number of hydrogen-bond acceptors (Lipinski definition) is 4. The Labute approximate surface area is 139 Å². The normalized spacial score (nSPS) is 23.2. The molecule has 2 fully saturated rings. The third-order valence-corrected chi connectivity index (χ3v) is 4.60. The number of carbonyl (C=O) groups is 2. The van der Waals surface area contributed by atoms with Gasteiger partial charge in [-0.05, 0) is 18.9 Å². The van der Waals surface area contributed by atoms with Crippen LogP contribution in [-0.2, 0) is 4.74 Å². The smallest absolute Gasteiger partial charge is 0.407 e. The van der Waals surface area contributed by atoms with Crippen LogP contribution < -0.4 is 5.32 Å². The molecule has 1 spiro atoms. The van der Waals surface area contributed by atoms with E-state index in [4.69, 9.17) is 4.74 Å². The van der Waals surface area contributed by atoms with Crippen LogP contribution in [0.25, 0.3) is 11.4 Å². The Kier molecular flexibility index (Phi) is 3.48. The monoisotopic (exact) mass is 326 g/mol. The molecule has 7 heteroatoms. The van der Waals surface area contributed by atoms with E-state index in [-0.39, 0.29) is 5.91 Å². The Morgan fingerprint density at radius 3 is 2.96 bits per heavy atom. The maximum Gasteiger partial charge on any atom is 0.407 e. The first kappa shape index (κ1) is 14.7. The number of piperidine rings is 1. The number of rotatable bonds is 2. The molecule has 7 nitrogen and oxygen atoms in total. The van der Waals surface area contributed by atoms with E-state index in [0.717, 1.165) is 18.4 Å². The molecule has 24 heavy (non-hydrogen) atoms. The third-order valence-electron chi connectivity index (χ3n) is 4.60. The summed E-state index contributed by atoms with van der Waals surface area (Å²) in [5, 5.41) is 2.70. The molecule has 0 saturated carbocycles. The topological polar surface area (TPSA) is 87.3 Å². The van der Waals surface area contributed by atoms with Crippen molar-refractivity contribution in [1.82, 2.24) is 20.2 Å². The van der Waals surface area contributed by atoms with Gasteiger partial charge in [-0.2, -0.15) is 0 Å². The molecule has 2 aliphatic heterocycles. The van der Waals surface area contributed by atoms with Crippen LogP contribution in [0, 0.1) is 0 Å². The fourth-order valence-electron chi connectivity index (χ4n) is 3.46. The summed E-state index contributed by atoms with van der Waals surface area (Å²) >= 11 is 0. The van der Waals surface area contributed by atoms with Gasteiger partial charge in [0.1, 0.15) is 11.4 Å². The summed E-state index contributed by atoms with van der Waals surface area (Å²) in [6.07, 6.45) is 4.57. The van der Waals surface area contributed by atoms with Crippen molar-refractivity contribution in [2.45, 2.75) is 18.4 Å². The predicted octanol–water partition coefficient (Wildman–Crippen LogP) is 1.79. The minimum atomic E-state index is -0.593. The van der Waals surface area contributed by atoms with Crippen LogP contribution in [0.3, 0.4) is 0 Å². The van der Waals surface area contributed by atoms with Crippen LogP contribution in [0.1, 0.15) is 23.2 Å². The van der Waals surface area contributed by atoms with Crippen molar-refractivity contribution >= 4 is 12.0 Å². The number of ether oxygens (including phenoxy) is 1. The number of H-pyrrole nitrogens is 1. The van der Waals surface area contributed by atoms with Gasteiger partial charge in [-0.1, -0.05) is 18.2 Å². The lowest BCUT2D eigenvalue weighted by molar-refractivity contribution is -0.00501. The lowest BCUT2D eigenvalue weighted by atomic mass is 9.92. The Hall–Kier alpha value is -2.83. The molecule has 1 aromatic carbocycles. The number of likely N-dealkylation sites (tertiary alicyclic amines) is 1. The predicted molar refractivity (Wildman–Crippen MR) is 86.4 cm³/mol. The number of nitrogens with one attached hydrogen (secondary N) is 2. The maximum atomic E-state index is 13.1. The highest BCUT2D eigenvalue weighted by Gasteiger charge is 2.45. The number of nitrogens with zero attached hydrogens (tertiary/aromatic N) is 2. The minimum Gasteiger partial charge on any atom is -0.439 e. The zero-order chi connectivity index (χ0) is 16.6. The zero-order valence-corrected chi connectivity index (χ0v) is 13.1. The molecule has 3 heterocycles. The molecular formula is C17H18N4O3. The van der Waals surface area contributed by atoms with Crippen LogP contribution >= 0.6 is 0 Å². The lowest BCUT2D eigenvalue weighted by Gasteiger charge is -2.38. The van der Waals surface area contributed by atoms with Gasteiger partial charge in [0.2, 0.25) is 0 Å². The number of aromatic amines is 1. The van der Waals surface area contributed by atoms with Crippen molar-refractivity contribution in [2.24, 2.45) is 0 Å². The highest BCUT2D eigenvalue weighted by Crippen LogP contribution is 2.30. The van der Waals surface area contributed by atoms with E-state index in [1.54, 1.807) is 23.4 Å². The van der Waals surface area contributed by atoms with Gasteiger partial charge in [0, 0.05) is 24.5 Å². The van der Waals surface area contributed by atoms with E-state index >= 15 is 0 Å². The standard InChI is InChI=1S/C17H18N4O3/c22-15(13-5-2-1-4-12(13)14-18-7-8-19-14)21-9-3-6-17(11-21)10-20-16(23)24-17/h1-2,4-5,7-8H,3,6,9-11H2,(H,18,19)(H,20,23)/t17-/m0/s1. The molecule has 2 aliphatic rings. The number of amides is 2. The van der Waals surface area contributed by atoms with Crippen LogP contribution in [0.5, 0.6) is 0 Å². The summed E-state index contributed by atoms with van der Waals surface area (Å²) in [7, 11) is 0. The molecule has 4 rings (SSSR count). The molecule has 0 aliphatic carbocycles. The summed E-state index contributed by atoms with van der Waals surface area (Å²) in [6.45, 7) is 1.52. The zero-order valence-electron chi connectivity index (χ0n) is 13.1. The molecule has 0 bridgehead atoms. The summed E-state index contributed by atoms with van der Waals surface area (Å²) in [5.74, 6) is 0.601. The summed E-state index contributed by atoms with van der Waals surface area (Å²) in [6, 6.07) is 7.41. The van der Waals surface area contributed by atoms with Gasteiger partial charge in [0.05, 0.1) is 18.7 Å². The van der Waals surface area contributed by atoms with Crippen molar-refractivity contribution in [3.63, 3.8) is 0 Å². The molecule has 1 aromatic heterocycles. The largest absolute Gasteiger partial charge is 0.439 e. The number of imidazole rings is 1. The van der Waals surface area contributed by atoms with Crippen LogP contribution in [0.2, 0.25) is 0 Å². The number of benzene rings is 1. The van der Waals surface area contributed by atoms with Gasteiger partial charge >= 0.3 is 6.09 Å². The van der Waals surface area contributed by atoms with Crippen LogP contribution in [0.15, 0.2) is 36.7 Å². The summed E-state index contributed by atoms with van der Waals surface area (Å²) in [4.78, 5) is 33.5. The Bertz CT molecular complexity index is 774. The highest BCUT2D eigenvalue weighted by molar-refractivity contribution is 6.00. The number of carbonyl (C=O) groups excluding carboxylic acids is 2. The second kappa shape index (κ2) is 5.67. The quantitative estimate of drug-likeness (QED) is 0.881. The molecular weight excluding hydrogens is 308 g/mol. The fourth-order valence-corrected chi connectivity index (χ4v) is 3.46. The average molecular weight is 326 g/mol. The Balaban J connectivity index is 1.61. The van der Waals surface area contributed by atoms with E-state index in [9.17, 15) is 9.59 Å². The molecule has 1 atom stereocenters. The van der Waals surface area contributed by atoms with Crippen LogP contribution in [-0.4, -0.2) is 52.1 Å². The van der Waals surface area contributed by atoms with Gasteiger partial charge in [-0.3, -0.25) is 4.79 Å². The van der Waals surface area contributed by atoms with E-state index in [1.165, 1.54) is 0 Å². The average Bonchev–Trinajstić information content (AvgIpc) is 3.25. The molecule has 2 amide bonds. The summed E-state index contributed by atoms with van der Waals surface area (Å²) in [5.41, 5.74) is 0.778.